The van der Waals surface area contributed by atoms with Gasteiger partial charge in [0.15, 0.2) is 0 Å². The van der Waals surface area contributed by atoms with Crippen molar-refractivity contribution < 1.29 is 9.53 Å². The molecule has 1 aromatic heterocycles. The molecule has 0 bridgehead atoms. The largest absolute Gasteiger partial charge is 0.374 e. The normalized spacial score (nSPS) is 24.6. The first-order valence-electron chi connectivity index (χ1n) is 8.91. The number of fused-ring (bicyclic) bond motifs is 1. The minimum atomic E-state index is -0.0531. The molecule has 0 unspecified atom stereocenters. The maximum atomic E-state index is 13.1. The van der Waals surface area contributed by atoms with Crippen molar-refractivity contribution in [3.05, 3.63) is 60.4 Å². The number of anilines is 1. The summed E-state index contributed by atoms with van der Waals surface area (Å²) in [6.45, 7) is 3.70. The van der Waals surface area contributed by atoms with Crippen LogP contribution in [0.25, 0.3) is 0 Å². The Morgan fingerprint density at radius 3 is 2.72 bits per heavy atom. The number of amides is 1. The number of pyridine rings is 1. The minimum absolute atomic E-state index is 0.0290. The topological polar surface area (TPSA) is 45.7 Å². The summed E-state index contributed by atoms with van der Waals surface area (Å²) in [6.07, 6.45) is 2.63. The van der Waals surface area contributed by atoms with Gasteiger partial charge in [-0.25, -0.2) is 0 Å². The van der Waals surface area contributed by atoms with Gasteiger partial charge in [-0.1, -0.05) is 24.3 Å². The zero-order chi connectivity index (χ0) is 17.1. The van der Waals surface area contributed by atoms with Gasteiger partial charge in [0.05, 0.1) is 24.3 Å². The molecule has 4 rings (SSSR count). The smallest absolute Gasteiger partial charge is 0.232 e. The van der Waals surface area contributed by atoms with Crippen LogP contribution in [0.5, 0.6) is 0 Å². The summed E-state index contributed by atoms with van der Waals surface area (Å²) in [7, 11) is 0. The predicted molar refractivity (Wildman–Crippen MR) is 96.2 cm³/mol. The summed E-state index contributed by atoms with van der Waals surface area (Å²) >= 11 is 0. The number of nitrogens with zero attached hydrogens (tertiary/aromatic N) is 3. The molecule has 5 heteroatoms. The second kappa shape index (κ2) is 7.33. The highest BCUT2D eigenvalue weighted by atomic mass is 16.5. The van der Waals surface area contributed by atoms with Crippen LogP contribution in [-0.4, -0.2) is 48.1 Å². The lowest BCUT2D eigenvalue weighted by molar-refractivity contribution is -0.128. The molecule has 1 aromatic carbocycles. The van der Waals surface area contributed by atoms with Crippen LogP contribution in [-0.2, 0) is 16.1 Å². The van der Waals surface area contributed by atoms with Crippen LogP contribution in [0, 0.1) is 5.92 Å². The van der Waals surface area contributed by atoms with Gasteiger partial charge in [0.25, 0.3) is 0 Å². The molecule has 0 aliphatic carbocycles. The van der Waals surface area contributed by atoms with Gasteiger partial charge in [-0.2, -0.15) is 0 Å². The molecule has 5 nitrogen and oxygen atoms in total. The Bertz CT molecular complexity index is 707. The molecule has 3 heterocycles. The van der Waals surface area contributed by atoms with Gasteiger partial charge < -0.3 is 9.64 Å². The van der Waals surface area contributed by atoms with Crippen LogP contribution in [0.15, 0.2) is 54.7 Å². The zero-order valence-electron chi connectivity index (χ0n) is 14.3. The number of carbonyl (C=O) groups excluding carboxylic acids is 1. The van der Waals surface area contributed by atoms with Crippen molar-refractivity contribution in [1.82, 2.24) is 9.88 Å². The van der Waals surface area contributed by atoms with E-state index in [1.807, 2.05) is 59.6 Å². The maximum absolute atomic E-state index is 13.1. The number of hydrogen-bond donors (Lipinski definition) is 0. The molecular weight excluding hydrogens is 314 g/mol. The Morgan fingerprint density at radius 1 is 1.08 bits per heavy atom. The highest BCUT2D eigenvalue weighted by Gasteiger charge is 2.39. The first kappa shape index (κ1) is 16.2. The second-order valence-corrected chi connectivity index (χ2v) is 6.69. The van der Waals surface area contributed by atoms with E-state index in [1.54, 1.807) is 0 Å². The fourth-order valence-electron chi connectivity index (χ4n) is 3.77. The predicted octanol–water partition coefficient (Wildman–Crippen LogP) is 2.34. The molecule has 0 spiro atoms. The van der Waals surface area contributed by atoms with Crippen molar-refractivity contribution in [2.24, 2.45) is 5.92 Å². The summed E-state index contributed by atoms with van der Waals surface area (Å²) in [5, 5.41) is 0. The minimum Gasteiger partial charge on any atom is -0.374 e. The number of aromatic nitrogens is 1. The summed E-state index contributed by atoms with van der Waals surface area (Å²) in [5.41, 5.74) is 2.03. The summed E-state index contributed by atoms with van der Waals surface area (Å²) in [4.78, 5) is 21.7. The van der Waals surface area contributed by atoms with Gasteiger partial charge in [-0.15, -0.1) is 0 Å². The molecule has 2 aromatic rings. The third-order valence-electron chi connectivity index (χ3n) is 5.05. The van der Waals surface area contributed by atoms with Crippen molar-refractivity contribution in [3.8, 4) is 0 Å². The van der Waals surface area contributed by atoms with E-state index >= 15 is 0 Å². The molecule has 0 radical (unpaired) electrons. The highest BCUT2D eigenvalue weighted by molar-refractivity contribution is 5.95. The van der Waals surface area contributed by atoms with Crippen LogP contribution in [0.3, 0.4) is 0 Å². The van der Waals surface area contributed by atoms with E-state index in [2.05, 4.69) is 9.88 Å². The van der Waals surface area contributed by atoms with Crippen molar-refractivity contribution >= 4 is 11.6 Å². The van der Waals surface area contributed by atoms with E-state index in [9.17, 15) is 4.79 Å². The number of carbonyl (C=O) groups is 1. The Kier molecular flexibility index (Phi) is 4.76. The molecule has 1 amide bonds. The maximum Gasteiger partial charge on any atom is 0.232 e. The van der Waals surface area contributed by atoms with Crippen LogP contribution in [0.4, 0.5) is 5.69 Å². The molecule has 0 N–H and O–H groups in total. The Hall–Kier alpha value is -2.24. The number of rotatable bonds is 3. The van der Waals surface area contributed by atoms with E-state index in [0.717, 1.165) is 37.4 Å². The molecule has 2 aliphatic rings. The summed E-state index contributed by atoms with van der Waals surface area (Å²) < 4.78 is 6.07. The van der Waals surface area contributed by atoms with E-state index in [1.165, 1.54) is 0 Å². The average Bonchev–Trinajstić information content (AvgIpc) is 2.82. The van der Waals surface area contributed by atoms with Gasteiger partial charge in [0.2, 0.25) is 5.91 Å². The van der Waals surface area contributed by atoms with Gasteiger partial charge in [-0.3, -0.25) is 14.7 Å². The quantitative estimate of drug-likeness (QED) is 0.862. The van der Waals surface area contributed by atoms with E-state index in [-0.39, 0.29) is 17.9 Å². The number of benzene rings is 1. The van der Waals surface area contributed by atoms with Crippen molar-refractivity contribution in [3.63, 3.8) is 0 Å². The molecular formula is C20H23N3O2. The molecule has 2 atom stereocenters. The SMILES string of the molecule is O=C1[C@@H]2CCN(Cc3ccccn3)C[C@@H]2OCCN1c1ccccc1. The number of ether oxygens (including phenoxy) is 1. The van der Waals surface area contributed by atoms with Gasteiger partial charge in [0, 0.05) is 31.5 Å². The van der Waals surface area contributed by atoms with Crippen molar-refractivity contribution in [2.45, 2.75) is 19.1 Å². The van der Waals surface area contributed by atoms with Gasteiger partial charge in [-0.05, 0) is 37.2 Å². The van der Waals surface area contributed by atoms with E-state index in [0.29, 0.717) is 13.2 Å². The van der Waals surface area contributed by atoms with E-state index in [4.69, 9.17) is 4.74 Å². The third kappa shape index (κ3) is 3.57. The van der Waals surface area contributed by atoms with Crippen LogP contribution in [0.1, 0.15) is 12.1 Å². The lowest BCUT2D eigenvalue weighted by Gasteiger charge is -2.37. The summed E-state index contributed by atoms with van der Waals surface area (Å²) in [5.74, 6) is 0.147. The number of hydrogen-bond acceptors (Lipinski definition) is 4. The summed E-state index contributed by atoms with van der Waals surface area (Å²) in [6, 6.07) is 15.9. The first-order chi connectivity index (χ1) is 12.3. The standard InChI is InChI=1S/C20H23N3O2/c24-20-18-9-11-22(14-16-6-4-5-10-21-16)15-19(18)25-13-12-23(20)17-7-2-1-3-8-17/h1-8,10,18-19H,9,11-15H2/t18-,19+/m1/s1. The van der Waals surface area contributed by atoms with Crippen molar-refractivity contribution in [2.75, 3.05) is 31.1 Å². The Morgan fingerprint density at radius 2 is 1.92 bits per heavy atom. The molecule has 25 heavy (non-hydrogen) atoms. The third-order valence-corrected chi connectivity index (χ3v) is 5.05. The molecule has 2 aliphatic heterocycles. The molecule has 2 saturated heterocycles. The lowest BCUT2D eigenvalue weighted by Crippen LogP contribution is -2.49. The fourth-order valence-corrected chi connectivity index (χ4v) is 3.77. The van der Waals surface area contributed by atoms with Crippen LogP contribution < -0.4 is 4.90 Å². The number of likely N-dealkylation sites (tertiary alicyclic amines) is 1. The van der Waals surface area contributed by atoms with Crippen molar-refractivity contribution in [1.29, 1.82) is 0 Å². The van der Waals surface area contributed by atoms with Gasteiger partial charge in [0.1, 0.15) is 0 Å². The molecule has 2 fully saturated rings. The molecule has 0 saturated carbocycles. The lowest BCUT2D eigenvalue weighted by atomic mass is 9.92. The van der Waals surface area contributed by atoms with Gasteiger partial charge >= 0.3 is 0 Å². The average molecular weight is 337 g/mol. The highest BCUT2D eigenvalue weighted by Crippen LogP contribution is 2.28. The van der Waals surface area contributed by atoms with Crippen LogP contribution >= 0.6 is 0 Å². The number of piperidine rings is 1. The Balaban J connectivity index is 1.45. The Labute approximate surface area is 148 Å². The fraction of sp³-hybridized carbons (Fsp3) is 0.400. The zero-order valence-corrected chi connectivity index (χ0v) is 14.3. The monoisotopic (exact) mass is 337 g/mol. The van der Waals surface area contributed by atoms with E-state index < -0.39 is 0 Å². The number of para-hydroxylation sites is 1. The second-order valence-electron chi connectivity index (χ2n) is 6.69. The first-order valence-corrected chi connectivity index (χ1v) is 8.91. The van der Waals surface area contributed by atoms with Crippen LogP contribution in [0.2, 0.25) is 0 Å². The molecule has 130 valence electrons.